The number of aliphatic hydroxyl groups excluding tert-OH is 1. The molecule has 0 aromatic heterocycles. The highest BCUT2D eigenvalue weighted by atomic mass is 32.2. The molecule has 0 saturated carbocycles. The first-order chi connectivity index (χ1) is 14.2. The van der Waals surface area contributed by atoms with Gasteiger partial charge in [-0.3, -0.25) is 9.69 Å². The monoisotopic (exact) mass is 408 g/mol. The van der Waals surface area contributed by atoms with Crippen molar-refractivity contribution in [1.82, 2.24) is 9.80 Å². The molecule has 152 valence electrons. The number of hydrogen-bond donors (Lipinski definition) is 1. The average Bonchev–Trinajstić information content (AvgIpc) is 2.78. The van der Waals surface area contributed by atoms with Gasteiger partial charge in [-0.15, -0.1) is 11.8 Å². The SMILES string of the molecule is O=C(C=Cc1ccccc1)N1CCN(CC(O)c2ccc3c(c2)CCCS3)CC1. The average molecular weight is 409 g/mol. The fourth-order valence-corrected chi connectivity index (χ4v) is 4.94. The Morgan fingerprint density at radius 1 is 1.10 bits per heavy atom. The maximum absolute atomic E-state index is 12.4. The number of thioether (sulfide) groups is 1. The van der Waals surface area contributed by atoms with E-state index in [1.165, 1.54) is 22.6 Å². The van der Waals surface area contributed by atoms with Gasteiger partial charge in [0.25, 0.3) is 0 Å². The first kappa shape index (κ1) is 20.2. The summed E-state index contributed by atoms with van der Waals surface area (Å²) in [6.45, 7) is 3.61. The summed E-state index contributed by atoms with van der Waals surface area (Å²) in [5, 5.41) is 10.7. The fourth-order valence-electron chi connectivity index (χ4n) is 3.93. The largest absolute Gasteiger partial charge is 0.387 e. The van der Waals surface area contributed by atoms with Crippen LogP contribution in [0.15, 0.2) is 59.5 Å². The van der Waals surface area contributed by atoms with Gasteiger partial charge in [-0.1, -0.05) is 42.5 Å². The van der Waals surface area contributed by atoms with Gasteiger partial charge < -0.3 is 10.0 Å². The van der Waals surface area contributed by atoms with Crippen LogP contribution in [0.3, 0.4) is 0 Å². The van der Waals surface area contributed by atoms with Gasteiger partial charge in [0, 0.05) is 43.7 Å². The van der Waals surface area contributed by atoms with Crippen LogP contribution >= 0.6 is 11.8 Å². The molecule has 0 bridgehead atoms. The zero-order valence-corrected chi connectivity index (χ0v) is 17.5. The molecular formula is C24H28N2O2S. The molecule has 2 aliphatic rings. The Kier molecular flexibility index (Phi) is 6.70. The summed E-state index contributed by atoms with van der Waals surface area (Å²) in [6, 6.07) is 16.3. The molecule has 2 aliphatic heterocycles. The van der Waals surface area contributed by atoms with E-state index in [1.54, 1.807) is 6.08 Å². The summed E-state index contributed by atoms with van der Waals surface area (Å²) in [4.78, 5) is 17.9. The van der Waals surface area contributed by atoms with Crippen molar-refractivity contribution in [2.75, 3.05) is 38.5 Å². The molecule has 4 rings (SSSR count). The topological polar surface area (TPSA) is 43.8 Å². The van der Waals surface area contributed by atoms with Crippen LogP contribution in [0, 0.1) is 0 Å². The van der Waals surface area contributed by atoms with Crippen molar-refractivity contribution in [1.29, 1.82) is 0 Å². The maximum Gasteiger partial charge on any atom is 0.246 e. The van der Waals surface area contributed by atoms with Crippen molar-refractivity contribution in [3.63, 3.8) is 0 Å². The third-order valence-electron chi connectivity index (χ3n) is 5.65. The number of amides is 1. The van der Waals surface area contributed by atoms with E-state index < -0.39 is 6.10 Å². The summed E-state index contributed by atoms with van der Waals surface area (Å²) in [6.07, 6.45) is 5.37. The van der Waals surface area contributed by atoms with E-state index in [4.69, 9.17) is 0 Å². The second-order valence-electron chi connectivity index (χ2n) is 7.70. The molecule has 1 unspecified atom stereocenters. The molecule has 2 aromatic rings. The van der Waals surface area contributed by atoms with E-state index in [2.05, 4.69) is 23.1 Å². The number of hydrogen-bond acceptors (Lipinski definition) is 4. The molecule has 0 spiro atoms. The molecule has 1 fully saturated rings. The Morgan fingerprint density at radius 3 is 2.69 bits per heavy atom. The second-order valence-corrected chi connectivity index (χ2v) is 8.84. The second kappa shape index (κ2) is 9.61. The number of piperazine rings is 1. The molecule has 1 atom stereocenters. The van der Waals surface area contributed by atoms with E-state index in [-0.39, 0.29) is 5.91 Å². The summed E-state index contributed by atoms with van der Waals surface area (Å²) >= 11 is 1.92. The van der Waals surface area contributed by atoms with Crippen LogP contribution in [0.5, 0.6) is 0 Å². The van der Waals surface area contributed by atoms with Gasteiger partial charge in [-0.2, -0.15) is 0 Å². The van der Waals surface area contributed by atoms with E-state index in [0.717, 1.165) is 30.6 Å². The third kappa shape index (κ3) is 5.30. The maximum atomic E-state index is 12.4. The molecule has 2 heterocycles. The number of rotatable bonds is 5. The number of fused-ring (bicyclic) bond motifs is 1. The summed E-state index contributed by atoms with van der Waals surface area (Å²) in [5.41, 5.74) is 3.42. The number of aliphatic hydroxyl groups is 1. The fraction of sp³-hybridized carbons (Fsp3) is 0.375. The van der Waals surface area contributed by atoms with Crippen molar-refractivity contribution in [3.05, 3.63) is 71.3 Å². The van der Waals surface area contributed by atoms with Crippen LogP contribution in [0.2, 0.25) is 0 Å². The van der Waals surface area contributed by atoms with E-state index in [9.17, 15) is 9.90 Å². The zero-order valence-electron chi connectivity index (χ0n) is 16.7. The normalized spacial score (nSPS) is 18.6. The van der Waals surface area contributed by atoms with Crippen LogP contribution < -0.4 is 0 Å². The van der Waals surface area contributed by atoms with Crippen LogP contribution in [-0.4, -0.2) is 59.3 Å². The minimum Gasteiger partial charge on any atom is -0.387 e. The predicted molar refractivity (Wildman–Crippen MR) is 119 cm³/mol. The first-order valence-corrected chi connectivity index (χ1v) is 11.4. The summed E-state index contributed by atoms with van der Waals surface area (Å²) in [5.74, 6) is 1.25. The molecule has 1 saturated heterocycles. The zero-order chi connectivity index (χ0) is 20.1. The van der Waals surface area contributed by atoms with Gasteiger partial charge in [0.05, 0.1) is 6.10 Å². The minimum absolute atomic E-state index is 0.0567. The molecule has 4 nitrogen and oxygen atoms in total. The first-order valence-electron chi connectivity index (χ1n) is 10.4. The highest BCUT2D eigenvalue weighted by molar-refractivity contribution is 7.99. The Morgan fingerprint density at radius 2 is 1.90 bits per heavy atom. The van der Waals surface area contributed by atoms with Crippen molar-refractivity contribution in [3.8, 4) is 0 Å². The standard InChI is InChI=1S/C24H28N2O2S/c27-22(20-9-10-23-21(17-20)7-4-16-29-23)18-25-12-14-26(15-13-25)24(28)11-8-19-5-2-1-3-6-19/h1-3,5-6,8-11,17,22,27H,4,7,12-16,18H2. The lowest BCUT2D eigenvalue weighted by Crippen LogP contribution is -2.49. The molecule has 1 N–H and O–H groups in total. The summed E-state index contributed by atoms with van der Waals surface area (Å²) in [7, 11) is 0. The van der Waals surface area contributed by atoms with Crippen molar-refractivity contribution in [2.24, 2.45) is 0 Å². The van der Waals surface area contributed by atoms with Gasteiger partial charge >= 0.3 is 0 Å². The van der Waals surface area contributed by atoms with Crippen LogP contribution in [0.1, 0.15) is 29.2 Å². The van der Waals surface area contributed by atoms with E-state index in [0.29, 0.717) is 19.6 Å². The van der Waals surface area contributed by atoms with Crippen LogP contribution in [-0.2, 0) is 11.2 Å². The molecule has 0 aliphatic carbocycles. The number of nitrogens with zero attached hydrogens (tertiary/aromatic N) is 2. The highest BCUT2D eigenvalue weighted by Crippen LogP contribution is 2.32. The number of carbonyl (C=O) groups is 1. The van der Waals surface area contributed by atoms with Crippen LogP contribution in [0.25, 0.3) is 6.08 Å². The Balaban J connectivity index is 1.27. The Labute approximate surface area is 177 Å². The van der Waals surface area contributed by atoms with Gasteiger partial charge in [0.2, 0.25) is 5.91 Å². The smallest absolute Gasteiger partial charge is 0.246 e. The molecule has 1 amide bonds. The minimum atomic E-state index is -0.479. The third-order valence-corrected chi connectivity index (χ3v) is 6.85. The number of β-amino-alcohol motifs (C(OH)–C–C–N with tert-alkyl or cyclic N) is 1. The number of aryl methyl sites for hydroxylation is 1. The quantitative estimate of drug-likeness (QED) is 0.768. The van der Waals surface area contributed by atoms with Gasteiger partial charge in [0.1, 0.15) is 0 Å². The van der Waals surface area contributed by atoms with Crippen LogP contribution in [0.4, 0.5) is 0 Å². The lowest BCUT2D eigenvalue weighted by molar-refractivity contribution is -0.127. The summed E-state index contributed by atoms with van der Waals surface area (Å²) < 4.78 is 0. The molecule has 0 radical (unpaired) electrons. The van der Waals surface area contributed by atoms with Crippen molar-refractivity contribution < 1.29 is 9.90 Å². The lowest BCUT2D eigenvalue weighted by atomic mass is 10.0. The molecule has 2 aromatic carbocycles. The van der Waals surface area contributed by atoms with Gasteiger partial charge in [-0.25, -0.2) is 0 Å². The van der Waals surface area contributed by atoms with E-state index >= 15 is 0 Å². The van der Waals surface area contributed by atoms with Gasteiger partial charge in [0.15, 0.2) is 0 Å². The Hall–Kier alpha value is -2.08. The van der Waals surface area contributed by atoms with Crippen molar-refractivity contribution in [2.45, 2.75) is 23.8 Å². The van der Waals surface area contributed by atoms with E-state index in [1.807, 2.05) is 53.1 Å². The lowest BCUT2D eigenvalue weighted by Gasteiger charge is -2.35. The molecular weight excluding hydrogens is 380 g/mol. The predicted octanol–water partition coefficient (Wildman–Crippen LogP) is 3.62. The van der Waals surface area contributed by atoms with Crippen molar-refractivity contribution >= 4 is 23.7 Å². The number of carbonyl (C=O) groups excluding carboxylic acids is 1. The number of benzene rings is 2. The molecule has 5 heteroatoms. The highest BCUT2D eigenvalue weighted by Gasteiger charge is 2.22. The van der Waals surface area contributed by atoms with Gasteiger partial charge in [-0.05, 0) is 47.4 Å². The Bertz CT molecular complexity index is 860. The molecule has 29 heavy (non-hydrogen) atoms.